The summed E-state index contributed by atoms with van der Waals surface area (Å²) in [6.45, 7) is 5.16. The molecule has 0 radical (unpaired) electrons. The summed E-state index contributed by atoms with van der Waals surface area (Å²) < 4.78 is 45.7. The second kappa shape index (κ2) is 8.49. The molecule has 0 spiro atoms. The summed E-state index contributed by atoms with van der Waals surface area (Å²) in [5.74, 6) is -0.665. The van der Waals surface area contributed by atoms with Gasteiger partial charge in [-0.15, -0.1) is 0 Å². The zero-order valence-electron chi connectivity index (χ0n) is 15.6. The molecule has 1 amide bonds. The quantitative estimate of drug-likeness (QED) is 0.756. The van der Waals surface area contributed by atoms with Gasteiger partial charge in [-0.05, 0) is 56.7 Å². The second-order valence-corrected chi connectivity index (χ2v) is 8.07. The van der Waals surface area contributed by atoms with E-state index in [-0.39, 0.29) is 34.1 Å². The molecule has 1 unspecified atom stereocenters. The van der Waals surface area contributed by atoms with Crippen LogP contribution in [0, 0.1) is 5.82 Å². The number of methoxy groups -OCH3 is 1. The van der Waals surface area contributed by atoms with E-state index in [1.54, 1.807) is 32.9 Å². The number of amides is 1. The largest absolute Gasteiger partial charge is 0.495 e. The van der Waals surface area contributed by atoms with Gasteiger partial charge in [0.15, 0.2) is 0 Å². The van der Waals surface area contributed by atoms with Crippen LogP contribution in [-0.4, -0.2) is 27.5 Å². The minimum atomic E-state index is -3.84. The smallest absolute Gasteiger partial charge is 0.251 e. The van der Waals surface area contributed by atoms with Gasteiger partial charge in [0, 0.05) is 11.6 Å². The zero-order chi connectivity index (χ0) is 20.2. The monoisotopic (exact) mass is 394 g/mol. The number of halogens is 1. The van der Waals surface area contributed by atoms with Gasteiger partial charge in [-0.25, -0.2) is 17.5 Å². The van der Waals surface area contributed by atoms with E-state index >= 15 is 0 Å². The lowest BCUT2D eigenvalue weighted by molar-refractivity contribution is 0.0939. The van der Waals surface area contributed by atoms with Gasteiger partial charge in [-0.3, -0.25) is 4.79 Å². The van der Waals surface area contributed by atoms with E-state index in [9.17, 15) is 17.6 Å². The fourth-order valence-electron chi connectivity index (χ4n) is 2.52. The molecule has 8 heteroatoms. The number of ether oxygens (including phenoxy) is 1. The van der Waals surface area contributed by atoms with Crippen LogP contribution < -0.4 is 14.8 Å². The van der Waals surface area contributed by atoms with Crippen LogP contribution in [0.1, 0.15) is 42.7 Å². The highest BCUT2D eigenvalue weighted by atomic mass is 32.2. The molecule has 2 aromatic carbocycles. The molecule has 0 aromatic heterocycles. The third kappa shape index (κ3) is 5.27. The maximum Gasteiger partial charge on any atom is 0.251 e. The first-order valence-corrected chi connectivity index (χ1v) is 9.89. The molecule has 0 saturated heterocycles. The molecule has 0 saturated carbocycles. The highest BCUT2D eigenvalue weighted by Crippen LogP contribution is 2.25. The standard InChI is InChI=1S/C19H23FN2O4S/c1-12(2)22-27(24,25)18-11-15(7-10-17(18)26-4)19(23)21-13(3)14-5-8-16(20)9-6-14/h5-13,22H,1-4H3,(H,21,23). The molecule has 146 valence electrons. The van der Waals surface area contributed by atoms with Gasteiger partial charge in [-0.2, -0.15) is 0 Å². The molecule has 2 rings (SSSR count). The summed E-state index contributed by atoms with van der Waals surface area (Å²) in [5.41, 5.74) is 0.904. The van der Waals surface area contributed by atoms with Crippen LogP contribution in [0.3, 0.4) is 0 Å². The van der Waals surface area contributed by atoms with Gasteiger partial charge < -0.3 is 10.1 Å². The lowest BCUT2D eigenvalue weighted by atomic mass is 10.1. The number of nitrogens with one attached hydrogen (secondary N) is 2. The third-order valence-electron chi connectivity index (χ3n) is 3.82. The summed E-state index contributed by atoms with van der Waals surface area (Å²) in [6, 6.07) is 9.29. The first-order valence-electron chi connectivity index (χ1n) is 8.40. The van der Waals surface area contributed by atoms with Crippen LogP contribution in [0.4, 0.5) is 4.39 Å². The van der Waals surface area contributed by atoms with Crippen molar-refractivity contribution in [3.8, 4) is 5.75 Å². The van der Waals surface area contributed by atoms with Crippen LogP contribution in [0.5, 0.6) is 5.75 Å². The van der Waals surface area contributed by atoms with E-state index in [4.69, 9.17) is 4.74 Å². The Morgan fingerprint density at radius 1 is 1.07 bits per heavy atom. The molecule has 0 aliphatic rings. The summed E-state index contributed by atoms with van der Waals surface area (Å²) >= 11 is 0. The van der Waals surface area contributed by atoms with Gasteiger partial charge in [-0.1, -0.05) is 12.1 Å². The van der Waals surface area contributed by atoms with Crippen LogP contribution in [-0.2, 0) is 10.0 Å². The van der Waals surface area contributed by atoms with Crippen molar-refractivity contribution in [1.29, 1.82) is 0 Å². The SMILES string of the molecule is COc1ccc(C(=O)NC(C)c2ccc(F)cc2)cc1S(=O)(=O)NC(C)C. The summed E-state index contributed by atoms with van der Waals surface area (Å²) in [7, 11) is -2.48. The number of carbonyl (C=O) groups excluding carboxylic acids is 1. The van der Waals surface area contributed by atoms with Crippen molar-refractivity contribution in [3.05, 3.63) is 59.4 Å². The lowest BCUT2D eigenvalue weighted by Crippen LogP contribution is -2.31. The maximum absolute atomic E-state index is 13.0. The number of rotatable bonds is 7. The molecule has 2 N–H and O–H groups in total. The van der Waals surface area contributed by atoms with Crippen LogP contribution in [0.15, 0.2) is 47.4 Å². The van der Waals surface area contributed by atoms with Gasteiger partial charge in [0.1, 0.15) is 16.5 Å². The van der Waals surface area contributed by atoms with Gasteiger partial charge in [0.2, 0.25) is 10.0 Å². The zero-order valence-corrected chi connectivity index (χ0v) is 16.4. The normalized spacial score (nSPS) is 12.7. The van der Waals surface area contributed by atoms with E-state index in [0.29, 0.717) is 0 Å². The average molecular weight is 394 g/mol. The number of hydrogen-bond donors (Lipinski definition) is 2. The first-order chi connectivity index (χ1) is 12.6. The van der Waals surface area contributed by atoms with Crippen molar-refractivity contribution in [2.75, 3.05) is 7.11 Å². The molecule has 0 bridgehead atoms. The Kier molecular flexibility index (Phi) is 6.56. The molecule has 0 heterocycles. The highest BCUT2D eigenvalue weighted by Gasteiger charge is 2.23. The highest BCUT2D eigenvalue weighted by molar-refractivity contribution is 7.89. The van der Waals surface area contributed by atoms with E-state index in [0.717, 1.165) is 5.56 Å². The minimum Gasteiger partial charge on any atom is -0.495 e. The molecule has 0 fully saturated rings. The van der Waals surface area contributed by atoms with Gasteiger partial charge >= 0.3 is 0 Å². The van der Waals surface area contributed by atoms with Crippen molar-refractivity contribution < 1.29 is 22.3 Å². The molecule has 0 aliphatic carbocycles. The van der Waals surface area contributed by atoms with Crippen LogP contribution in [0.2, 0.25) is 0 Å². The Morgan fingerprint density at radius 3 is 2.26 bits per heavy atom. The molecule has 27 heavy (non-hydrogen) atoms. The van der Waals surface area contributed by atoms with Crippen molar-refractivity contribution >= 4 is 15.9 Å². The number of hydrogen-bond acceptors (Lipinski definition) is 4. The predicted octanol–water partition coefficient (Wildman–Crippen LogP) is 3.01. The number of sulfonamides is 1. The maximum atomic E-state index is 13.0. The Hall–Kier alpha value is -2.45. The Labute approximate surface area is 158 Å². The fraction of sp³-hybridized carbons (Fsp3) is 0.316. The first kappa shape index (κ1) is 20.9. The second-order valence-electron chi connectivity index (χ2n) is 6.39. The van der Waals surface area contributed by atoms with E-state index in [1.807, 2.05) is 0 Å². The molecule has 6 nitrogen and oxygen atoms in total. The van der Waals surface area contributed by atoms with Gasteiger partial charge in [0.25, 0.3) is 5.91 Å². The van der Waals surface area contributed by atoms with E-state index < -0.39 is 15.9 Å². The van der Waals surface area contributed by atoms with Gasteiger partial charge in [0.05, 0.1) is 13.2 Å². The Bertz CT molecular complexity index is 912. The third-order valence-corrected chi connectivity index (χ3v) is 5.50. The Balaban J connectivity index is 2.28. The minimum absolute atomic E-state index is 0.110. The summed E-state index contributed by atoms with van der Waals surface area (Å²) in [5, 5.41) is 2.77. The van der Waals surface area contributed by atoms with Crippen molar-refractivity contribution in [3.63, 3.8) is 0 Å². The topological polar surface area (TPSA) is 84.5 Å². The van der Waals surface area contributed by atoms with Crippen LogP contribution in [0.25, 0.3) is 0 Å². The molecular formula is C19H23FN2O4S. The molecule has 0 aliphatic heterocycles. The van der Waals surface area contributed by atoms with Crippen LogP contribution >= 0.6 is 0 Å². The van der Waals surface area contributed by atoms with Crippen molar-refractivity contribution in [1.82, 2.24) is 10.0 Å². The van der Waals surface area contributed by atoms with Crippen molar-refractivity contribution in [2.24, 2.45) is 0 Å². The summed E-state index contributed by atoms with van der Waals surface area (Å²) in [4.78, 5) is 12.4. The van der Waals surface area contributed by atoms with Crippen molar-refractivity contribution in [2.45, 2.75) is 37.8 Å². The van der Waals surface area contributed by atoms with E-state index in [2.05, 4.69) is 10.0 Å². The predicted molar refractivity (Wildman–Crippen MR) is 101 cm³/mol. The lowest BCUT2D eigenvalue weighted by Gasteiger charge is -2.16. The average Bonchev–Trinajstić information content (AvgIpc) is 2.60. The van der Waals surface area contributed by atoms with E-state index in [1.165, 1.54) is 37.4 Å². The molecule has 2 aromatic rings. The number of benzene rings is 2. The summed E-state index contributed by atoms with van der Waals surface area (Å²) in [6.07, 6.45) is 0. The fourth-order valence-corrected chi connectivity index (χ4v) is 3.96. The molecule has 1 atom stereocenters. The Morgan fingerprint density at radius 2 is 1.70 bits per heavy atom. The number of carbonyl (C=O) groups is 1. The molecular weight excluding hydrogens is 371 g/mol.